The fourth-order valence-corrected chi connectivity index (χ4v) is 2.20. The Morgan fingerprint density at radius 1 is 1.26 bits per heavy atom. The maximum absolute atomic E-state index is 12.0. The molecule has 0 saturated carbocycles. The molecule has 1 heterocycles. The van der Waals surface area contributed by atoms with Crippen LogP contribution in [0, 0.1) is 13.8 Å². The van der Waals surface area contributed by atoms with Crippen LogP contribution in [0.1, 0.15) is 41.2 Å². The number of carboxylic acids is 1. The van der Waals surface area contributed by atoms with Crippen LogP contribution in [0.4, 0.5) is 0 Å². The molecule has 0 aliphatic heterocycles. The molecule has 1 aromatic rings. The zero-order chi connectivity index (χ0) is 14.6. The van der Waals surface area contributed by atoms with Crippen LogP contribution in [0.25, 0.3) is 6.08 Å². The SMILES string of the molecule is CCOC(=O)c1c(/C=C/C(=O)O)c(C)n(CC)c1C. The van der Waals surface area contributed by atoms with Crippen molar-refractivity contribution in [1.82, 2.24) is 4.57 Å². The van der Waals surface area contributed by atoms with Crippen LogP contribution in [0.5, 0.6) is 0 Å². The van der Waals surface area contributed by atoms with E-state index in [0.717, 1.165) is 17.5 Å². The first-order chi connectivity index (χ1) is 8.93. The van der Waals surface area contributed by atoms with E-state index in [0.29, 0.717) is 17.7 Å². The highest BCUT2D eigenvalue weighted by molar-refractivity contribution is 5.97. The number of nitrogens with zero attached hydrogens (tertiary/aromatic N) is 1. The predicted molar refractivity (Wildman–Crippen MR) is 72.2 cm³/mol. The normalized spacial score (nSPS) is 10.9. The quantitative estimate of drug-likeness (QED) is 0.655. The second kappa shape index (κ2) is 6.22. The third kappa shape index (κ3) is 3.05. The predicted octanol–water partition coefficient (Wildman–Crippen LogP) is 2.40. The number of esters is 1. The Labute approximate surface area is 112 Å². The van der Waals surface area contributed by atoms with Crippen LogP contribution in [0.3, 0.4) is 0 Å². The van der Waals surface area contributed by atoms with Gasteiger partial charge in [-0.2, -0.15) is 0 Å². The molecule has 0 unspecified atom stereocenters. The number of aromatic nitrogens is 1. The lowest BCUT2D eigenvalue weighted by Gasteiger charge is -2.05. The van der Waals surface area contributed by atoms with Gasteiger partial charge in [0.1, 0.15) is 0 Å². The topological polar surface area (TPSA) is 68.5 Å². The van der Waals surface area contributed by atoms with Crippen LogP contribution in [-0.4, -0.2) is 28.2 Å². The fraction of sp³-hybridized carbons (Fsp3) is 0.429. The third-order valence-corrected chi connectivity index (χ3v) is 3.02. The summed E-state index contributed by atoms with van der Waals surface area (Å²) in [5.41, 5.74) is 2.71. The zero-order valence-corrected chi connectivity index (χ0v) is 11.7. The van der Waals surface area contributed by atoms with E-state index in [4.69, 9.17) is 9.84 Å². The van der Waals surface area contributed by atoms with Crippen molar-refractivity contribution < 1.29 is 19.4 Å². The van der Waals surface area contributed by atoms with E-state index in [1.165, 1.54) is 6.08 Å². The molecule has 0 bridgehead atoms. The molecular formula is C14H19NO4. The first-order valence-corrected chi connectivity index (χ1v) is 6.21. The van der Waals surface area contributed by atoms with E-state index in [9.17, 15) is 9.59 Å². The summed E-state index contributed by atoms with van der Waals surface area (Å²) in [6, 6.07) is 0. The van der Waals surface area contributed by atoms with E-state index in [2.05, 4.69) is 0 Å². The van der Waals surface area contributed by atoms with E-state index < -0.39 is 11.9 Å². The van der Waals surface area contributed by atoms with Gasteiger partial charge in [0.15, 0.2) is 0 Å². The van der Waals surface area contributed by atoms with Gasteiger partial charge in [-0.05, 0) is 33.8 Å². The Balaban J connectivity index is 3.41. The van der Waals surface area contributed by atoms with Gasteiger partial charge in [0.05, 0.1) is 12.2 Å². The van der Waals surface area contributed by atoms with Gasteiger partial charge in [0.2, 0.25) is 0 Å². The zero-order valence-electron chi connectivity index (χ0n) is 11.7. The molecule has 0 fully saturated rings. The van der Waals surface area contributed by atoms with E-state index in [1.54, 1.807) is 6.92 Å². The van der Waals surface area contributed by atoms with Gasteiger partial charge in [0, 0.05) is 29.6 Å². The second-order valence-corrected chi connectivity index (χ2v) is 4.10. The maximum atomic E-state index is 12.0. The number of carbonyl (C=O) groups excluding carboxylic acids is 1. The van der Waals surface area contributed by atoms with Crippen molar-refractivity contribution in [2.75, 3.05) is 6.61 Å². The Hall–Kier alpha value is -2.04. The summed E-state index contributed by atoms with van der Waals surface area (Å²) < 4.78 is 7.00. The Kier molecular flexibility index (Phi) is 4.92. The summed E-state index contributed by atoms with van der Waals surface area (Å²) >= 11 is 0. The van der Waals surface area contributed by atoms with Crippen molar-refractivity contribution in [1.29, 1.82) is 0 Å². The molecule has 0 saturated heterocycles. The van der Waals surface area contributed by atoms with Crippen LogP contribution >= 0.6 is 0 Å². The van der Waals surface area contributed by atoms with Gasteiger partial charge in [0.25, 0.3) is 0 Å². The largest absolute Gasteiger partial charge is 0.478 e. The lowest BCUT2D eigenvalue weighted by atomic mass is 10.1. The minimum absolute atomic E-state index is 0.288. The number of carbonyl (C=O) groups is 2. The molecule has 1 rings (SSSR count). The maximum Gasteiger partial charge on any atom is 0.340 e. The molecule has 1 N–H and O–H groups in total. The standard InChI is InChI=1S/C14H19NO4/c1-5-15-9(3)11(7-8-12(16)17)13(10(15)4)14(18)19-6-2/h7-8H,5-6H2,1-4H3,(H,16,17)/b8-7+. The Morgan fingerprint density at radius 3 is 2.37 bits per heavy atom. The monoisotopic (exact) mass is 265 g/mol. The first kappa shape index (κ1) is 15.0. The smallest absolute Gasteiger partial charge is 0.340 e. The van der Waals surface area contributed by atoms with Crippen LogP contribution in [0.2, 0.25) is 0 Å². The molecule has 0 amide bonds. The van der Waals surface area contributed by atoms with Crippen molar-refractivity contribution in [2.24, 2.45) is 0 Å². The van der Waals surface area contributed by atoms with Crippen LogP contribution < -0.4 is 0 Å². The van der Waals surface area contributed by atoms with E-state index in [1.807, 2.05) is 25.3 Å². The lowest BCUT2D eigenvalue weighted by molar-refractivity contribution is -0.131. The van der Waals surface area contributed by atoms with Crippen LogP contribution in [0.15, 0.2) is 6.08 Å². The molecular weight excluding hydrogens is 246 g/mol. The number of hydrogen-bond acceptors (Lipinski definition) is 3. The summed E-state index contributed by atoms with van der Waals surface area (Å²) in [7, 11) is 0. The lowest BCUT2D eigenvalue weighted by Crippen LogP contribution is -2.08. The number of rotatable bonds is 5. The minimum Gasteiger partial charge on any atom is -0.478 e. The summed E-state index contributed by atoms with van der Waals surface area (Å²) in [5.74, 6) is -1.46. The summed E-state index contributed by atoms with van der Waals surface area (Å²) in [5, 5.41) is 8.72. The molecule has 0 atom stereocenters. The average Bonchev–Trinajstić information content (AvgIpc) is 2.58. The molecule has 0 spiro atoms. The number of carboxylic acid groups (broad SMARTS) is 1. The van der Waals surface area contributed by atoms with Gasteiger partial charge in [-0.15, -0.1) is 0 Å². The molecule has 0 radical (unpaired) electrons. The summed E-state index contributed by atoms with van der Waals surface area (Å²) in [6.07, 6.45) is 2.48. The fourth-order valence-electron chi connectivity index (χ4n) is 2.20. The van der Waals surface area contributed by atoms with Gasteiger partial charge < -0.3 is 14.4 Å². The average molecular weight is 265 g/mol. The molecule has 5 heteroatoms. The molecule has 104 valence electrons. The molecule has 0 aliphatic rings. The highest BCUT2D eigenvalue weighted by Crippen LogP contribution is 2.24. The molecule has 1 aromatic heterocycles. The summed E-state index contributed by atoms with van der Waals surface area (Å²) in [4.78, 5) is 22.6. The Morgan fingerprint density at radius 2 is 1.89 bits per heavy atom. The second-order valence-electron chi connectivity index (χ2n) is 4.10. The van der Waals surface area contributed by atoms with Gasteiger partial charge in [-0.3, -0.25) is 0 Å². The third-order valence-electron chi connectivity index (χ3n) is 3.02. The minimum atomic E-state index is -1.05. The van der Waals surface area contributed by atoms with Crippen molar-refractivity contribution in [3.8, 4) is 0 Å². The summed E-state index contributed by atoms with van der Waals surface area (Å²) in [6.45, 7) is 8.41. The number of aliphatic carboxylic acids is 1. The molecule has 19 heavy (non-hydrogen) atoms. The Bertz CT molecular complexity index is 526. The molecule has 0 aromatic carbocycles. The van der Waals surface area contributed by atoms with Crippen LogP contribution in [-0.2, 0) is 16.1 Å². The van der Waals surface area contributed by atoms with Gasteiger partial charge >= 0.3 is 11.9 Å². The van der Waals surface area contributed by atoms with Gasteiger partial charge in [-0.1, -0.05) is 0 Å². The highest BCUT2D eigenvalue weighted by Gasteiger charge is 2.21. The molecule has 5 nitrogen and oxygen atoms in total. The van der Waals surface area contributed by atoms with Crippen molar-refractivity contribution in [2.45, 2.75) is 34.2 Å². The van der Waals surface area contributed by atoms with Crippen molar-refractivity contribution in [3.05, 3.63) is 28.6 Å². The molecule has 0 aliphatic carbocycles. The van der Waals surface area contributed by atoms with Gasteiger partial charge in [-0.25, -0.2) is 9.59 Å². The van der Waals surface area contributed by atoms with E-state index in [-0.39, 0.29) is 6.61 Å². The van der Waals surface area contributed by atoms with Crippen molar-refractivity contribution in [3.63, 3.8) is 0 Å². The number of ether oxygens (including phenoxy) is 1. The highest BCUT2D eigenvalue weighted by atomic mass is 16.5. The van der Waals surface area contributed by atoms with Crippen molar-refractivity contribution >= 4 is 18.0 Å². The van der Waals surface area contributed by atoms with E-state index >= 15 is 0 Å². The number of hydrogen-bond donors (Lipinski definition) is 1. The first-order valence-electron chi connectivity index (χ1n) is 6.21.